The van der Waals surface area contributed by atoms with Crippen molar-refractivity contribution in [2.45, 2.75) is 20.8 Å². The van der Waals surface area contributed by atoms with Crippen LogP contribution in [-0.4, -0.2) is 19.5 Å². The first-order valence-corrected chi connectivity index (χ1v) is 17.8. The Morgan fingerprint density at radius 2 is 1.02 bits per heavy atom. The summed E-state index contributed by atoms with van der Waals surface area (Å²) in [7, 11) is 0. The lowest BCUT2D eigenvalue weighted by Gasteiger charge is -2.16. The van der Waals surface area contributed by atoms with E-state index in [2.05, 4.69) is 92.1 Å². The van der Waals surface area contributed by atoms with Crippen LogP contribution in [0.3, 0.4) is 0 Å². The highest BCUT2D eigenvalue weighted by Crippen LogP contribution is 2.40. The Morgan fingerprint density at radius 1 is 0.434 bits per heavy atom. The van der Waals surface area contributed by atoms with E-state index in [1.165, 1.54) is 33.9 Å². The highest BCUT2D eigenvalue weighted by Gasteiger charge is 2.21. The molecular weight excluding hydrogens is 652 g/mol. The molecule has 0 aliphatic heterocycles. The van der Waals surface area contributed by atoms with E-state index >= 15 is 4.39 Å². The molecular formula is C48H35FN4. The summed E-state index contributed by atoms with van der Waals surface area (Å²) in [5.74, 6) is 1.25. The van der Waals surface area contributed by atoms with Crippen molar-refractivity contribution in [1.29, 1.82) is 0 Å². The molecule has 0 bridgehead atoms. The molecule has 0 saturated heterocycles. The SMILES string of the molecule is Cc1cc(C)c(-c2ccc3c(c2)c2ccccc2n3-c2ccc(-c3ccccc3F)c(-c3nc(-c4ccccc4)nc(-c4ccccc4)n3)c2)c(C)c1. The van der Waals surface area contributed by atoms with Gasteiger partial charge in [-0.2, -0.15) is 0 Å². The van der Waals surface area contributed by atoms with Gasteiger partial charge in [0.1, 0.15) is 5.82 Å². The van der Waals surface area contributed by atoms with Crippen LogP contribution in [0.2, 0.25) is 0 Å². The van der Waals surface area contributed by atoms with Gasteiger partial charge in [0.2, 0.25) is 0 Å². The van der Waals surface area contributed by atoms with Gasteiger partial charge in [-0.05, 0) is 85.0 Å². The van der Waals surface area contributed by atoms with E-state index < -0.39 is 0 Å². The van der Waals surface area contributed by atoms with Gasteiger partial charge >= 0.3 is 0 Å². The molecule has 0 atom stereocenters. The first-order valence-electron chi connectivity index (χ1n) is 17.8. The van der Waals surface area contributed by atoms with Crippen molar-refractivity contribution >= 4 is 21.8 Å². The number of aryl methyl sites for hydroxylation is 3. The molecule has 0 N–H and O–H groups in total. The van der Waals surface area contributed by atoms with E-state index in [4.69, 9.17) is 15.0 Å². The molecule has 0 amide bonds. The van der Waals surface area contributed by atoms with Gasteiger partial charge in [-0.3, -0.25) is 0 Å². The summed E-state index contributed by atoms with van der Waals surface area (Å²) in [5, 5.41) is 2.32. The maximum atomic E-state index is 15.6. The molecule has 9 aromatic rings. The molecule has 7 aromatic carbocycles. The van der Waals surface area contributed by atoms with Crippen LogP contribution in [-0.2, 0) is 0 Å². The summed E-state index contributed by atoms with van der Waals surface area (Å²) in [6.45, 7) is 6.53. The van der Waals surface area contributed by atoms with Crippen LogP contribution in [0.25, 0.3) is 83.9 Å². The number of rotatable bonds is 6. The Morgan fingerprint density at radius 3 is 1.70 bits per heavy atom. The van der Waals surface area contributed by atoms with Gasteiger partial charge < -0.3 is 4.57 Å². The predicted molar refractivity (Wildman–Crippen MR) is 216 cm³/mol. The molecule has 5 heteroatoms. The lowest BCUT2D eigenvalue weighted by atomic mass is 9.93. The number of halogens is 1. The molecule has 53 heavy (non-hydrogen) atoms. The van der Waals surface area contributed by atoms with Crippen molar-refractivity contribution in [1.82, 2.24) is 19.5 Å². The second-order valence-corrected chi connectivity index (χ2v) is 13.6. The molecule has 0 radical (unpaired) electrons. The number of aromatic nitrogens is 4. The smallest absolute Gasteiger partial charge is 0.164 e. The van der Waals surface area contributed by atoms with Gasteiger partial charge in [0, 0.05) is 38.7 Å². The predicted octanol–water partition coefficient (Wildman–Crippen LogP) is 12.4. The van der Waals surface area contributed by atoms with Crippen molar-refractivity contribution in [3.8, 4) is 62.1 Å². The second-order valence-electron chi connectivity index (χ2n) is 13.6. The highest BCUT2D eigenvalue weighted by atomic mass is 19.1. The van der Waals surface area contributed by atoms with Crippen LogP contribution in [0.5, 0.6) is 0 Å². The topological polar surface area (TPSA) is 43.6 Å². The van der Waals surface area contributed by atoms with Gasteiger partial charge in [-0.15, -0.1) is 0 Å². The molecule has 2 aromatic heterocycles. The standard InChI is InChI=1S/C48H35FN4/c1-30-26-31(2)45(32(3)27-30)35-22-25-44-40(28-35)39-19-11-13-21-43(39)53(44)36-23-24-37(38-18-10-12-20-42(38)49)41(29-36)48-51-46(33-14-6-4-7-15-33)50-47(52-48)34-16-8-5-9-17-34/h4-29H,1-3H3. The molecule has 254 valence electrons. The molecule has 4 nitrogen and oxygen atoms in total. The summed E-state index contributed by atoms with van der Waals surface area (Å²) in [6.07, 6.45) is 0. The summed E-state index contributed by atoms with van der Waals surface area (Å²) >= 11 is 0. The van der Waals surface area contributed by atoms with Crippen LogP contribution in [0.4, 0.5) is 4.39 Å². The summed E-state index contributed by atoms with van der Waals surface area (Å²) in [5.41, 5.74) is 13.0. The molecule has 0 aliphatic carbocycles. The van der Waals surface area contributed by atoms with E-state index in [0.717, 1.165) is 38.6 Å². The zero-order valence-electron chi connectivity index (χ0n) is 29.7. The van der Waals surface area contributed by atoms with Crippen molar-refractivity contribution in [3.05, 3.63) is 180 Å². The fourth-order valence-corrected chi connectivity index (χ4v) is 7.74. The van der Waals surface area contributed by atoms with E-state index in [-0.39, 0.29) is 5.82 Å². The second kappa shape index (κ2) is 13.1. The van der Waals surface area contributed by atoms with E-state index in [9.17, 15) is 0 Å². The fraction of sp³-hybridized carbons (Fsp3) is 0.0625. The summed E-state index contributed by atoms with van der Waals surface area (Å²) < 4.78 is 17.9. The molecule has 2 heterocycles. The van der Waals surface area contributed by atoms with Crippen LogP contribution in [0.1, 0.15) is 16.7 Å². The number of nitrogens with zero attached hydrogens (tertiary/aromatic N) is 4. The summed E-state index contributed by atoms with van der Waals surface area (Å²) in [4.78, 5) is 15.1. The molecule has 0 fully saturated rings. The van der Waals surface area contributed by atoms with E-state index in [0.29, 0.717) is 34.2 Å². The van der Waals surface area contributed by atoms with Crippen molar-refractivity contribution in [2.75, 3.05) is 0 Å². The van der Waals surface area contributed by atoms with Crippen LogP contribution in [0.15, 0.2) is 158 Å². The minimum absolute atomic E-state index is 0.312. The zero-order valence-corrected chi connectivity index (χ0v) is 29.7. The maximum Gasteiger partial charge on any atom is 0.164 e. The Kier molecular flexibility index (Phi) is 7.97. The highest BCUT2D eigenvalue weighted by molar-refractivity contribution is 6.10. The molecule has 9 rings (SSSR count). The summed E-state index contributed by atoms with van der Waals surface area (Å²) in [6, 6.07) is 52.6. The van der Waals surface area contributed by atoms with E-state index in [1.807, 2.05) is 78.9 Å². The Balaban J connectivity index is 1.31. The van der Waals surface area contributed by atoms with Crippen molar-refractivity contribution < 1.29 is 4.39 Å². The Hall–Kier alpha value is -6.72. The molecule has 0 unspecified atom stereocenters. The van der Waals surface area contributed by atoms with Gasteiger partial charge in [-0.1, -0.05) is 127 Å². The average molecular weight is 687 g/mol. The Bertz CT molecular complexity index is 2740. The normalized spacial score (nSPS) is 11.4. The van der Waals surface area contributed by atoms with Gasteiger partial charge in [-0.25, -0.2) is 19.3 Å². The third kappa shape index (κ3) is 5.77. The van der Waals surface area contributed by atoms with Crippen LogP contribution in [0, 0.1) is 26.6 Å². The van der Waals surface area contributed by atoms with Crippen LogP contribution < -0.4 is 0 Å². The van der Waals surface area contributed by atoms with Crippen molar-refractivity contribution in [3.63, 3.8) is 0 Å². The number of hydrogen-bond acceptors (Lipinski definition) is 3. The fourth-order valence-electron chi connectivity index (χ4n) is 7.74. The third-order valence-electron chi connectivity index (χ3n) is 10.0. The first kappa shape index (κ1) is 32.2. The maximum absolute atomic E-state index is 15.6. The number of para-hydroxylation sites is 1. The van der Waals surface area contributed by atoms with Gasteiger partial charge in [0.15, 0.2) is 17.5 Å². The lowest BCUT2D eigenvalue weighted by molar-refractivity contribution is 0.631. The number of fused-ring (bicyclic) bond motifs is 3. The molecule has 0 aliphatic rings. The third-order valence-corrected chi connectivity index (χ3v) is 10.0. The minimum atomic E-state index is -0.312. The number of hydrogen-bond donors (Lipinski definition) is 0. The quantitative estimate of drug-likeness (QED) is 0.175. The largest absolute Gasteiger partial charge is 0.309 e. The first-order chi connectivity index (χ1) is 25.9. The zero-order chi connectivity index (χ0) is 36.1. The van der Waals surface area contributed by atoms with Crippen LogP contribution >= 0.6 is 0 Å². The van der Waals surface area contributed by atoms with E-state index in [1.54, 1.807) is 6.07 Å². The van der Waals surface area contributed by atoms with Gasteiger partial charge in [0.25, 0.3) is 0 Å². The minimum Gasteiger partial charge on any atom is -0.309 e. The molecule has 0 spiro atoms. The Labute approximate surface area is 307 Å². The monoisotopic (exact) mass is 686 g/mol. The van der Waals surface area contributed by atoms with Crippen molar-refractivity contribution in [2.24, 2.45) is 0 Å². The lowest BCUT2D eigenvalue weighted by Crippen LogP contribution is -2.03. The number of benzene rings is 7. The van der Waals surface area contributed by atoms with Gasteiger partial charge in [0.05, 0.1) is 11.0 Å². The average Bonchev–Trinajstić information content (AvgIpc) is 3.52. The molecule has 0 saturated carbocycles.